The van der Waals surface area contributed by atoms with Crippen LogP contribution < -0.4 is 5.56 Å². The Kier molecular flexibility index (Phi) is 4.28. The molecule has 2 heterocycles. The summed E-state index contributed by atoms with van der Waals surface area (Å²) in [6.45, 7) is 3.86. The van der Waals surface area contributed by atoms with Gasteiger partial charge in [0.1, 0.15) is 10.6 Å². The van der Waals surface area contributed by atoms with Crippen molar-refractivity contribution in [3.63, 3.8) is 0 Å². The molecule has 0 bridgehead atoms. The summed E-state index contributed by atoms with van der Waals surface area (Å²) in [5, 5.41) is 11.0. The van der Waals surface area contributed by atoms with Crippen molar-refractivity contribution in [1.82, 2.24) is 9.55 Å². The van der Waals surface area contributed by atoms with E-state index in [1.165, 1.54) is 34.4 Å². The van der Waals surface area contributed by atoms with E-state index in [1.54, 1.807) is 13.0 Å². The summed E-state index contributed by atoms with van der Waals surface area (Å²) >= 11 is 1.51. The smallest absolute Gasteiger partial charge is 0.262 e. The maximum absolute atomic E-state index is 13.2. The van der Waals surface area contributed by atoms with Crippen molar-refractivity contribution < 1.29 is 9.50 Å². The molecule has 0 saturated heterocycles. The van der Waals surface area contributed by atoms with Crippen LogP contribution >= 0.6 is 11.3 Å². The Morgan fingerprint density at radius 3 is 2.87 bits per heavy atom. The van der Waals surface area contributed by atoms with Crippen LogP contribution in [0, 0.1) is 12.7 Å². The standard InChI is InChI=1S/C17H17FN2O2S/c1-3-12-7-14-16(23-12)19-9-20(17(14)22)8-15(21)13-5-4-11(18)6-10(13)2/h4-7,9,15,21H,3,8H2,1-2H3. The fourth-order valence-electron chi connectivity index (χ4n) is 2.61. The van der Waals surface area contributed by atoms with Crippen molar-refractivity contribution in [2.75, 3.05) is 0 Å². The number of halogens is 1. The molecule has 0 spiro atoms. The zero-order valence-electron chi connectivity index (χ0n) is 12.9. The number of aromatic nitrogens is 2. The number of rotatable bonds is 4. The van der Waals surface area contributed by atoms with E-state index < -0.39 is 6.10 Å². The van der Waals surface area contributed by atoms with Crippen LogP contribution in [0.25, 0.3) is 10.2 Å². The number of aliphatic hydroxyl groups excluding tert-OH is 1. The first-order chi connectivity index (χ1) is 11.0. The van der Waals surface area contributed by atoms with Gasteiger partial charge in [-0.05, 0) is 42.7 Å². The van der Waals surface area contributed by atoms with Gasteiger partial charge in [0.15, 0.2) is 0 Å². The van der Waals surface area contributed by atoms with Gasteiger partial charge in [-0.3, -0.25) is 9.36 Å². The van der Waals surface area contributed by atoms with Crippen molar-refractivity contribution in [2.45, 2.75) is 32.9 Å². The van der Waals surface area contributed by atoms with Crippen molar-refractivity contribution >= 4 is 21.6 Å². The Balaban J connectivity index is 1.94. The third-order valence-electron chi connectivity index (χ3n) is 3.88. The first kappa shape index (κ1) is 15.8. The molecule has 3 aromatic rings. The van der Waals surface area contributed by atoms with E-state index in [4.69, 9.17) is 0 Å². The lowest BCUT2D eigenvalue weighted by Gasteiger charge is -2.15. The van der Waals surface area contributed by atoms with E-state index >= 15 is 0 Å². The summed E-state index contributed by atoms with van der Waals surface area (Å²) in [6, 6.07) is 6.09. The van der Waals surface area contributed by atoms with Crippen molar-refractivity contribution in [1.29, 1.82) is 0 Å². The lowest BCUT2D eigenvalue weighted by molar-refractivity contribution is 0.154. The van der Waals surface area contributed by atoms with Gasteiger partial charge in [0.2, 0.25) is 0 Å². The fraction of sp³-hybridized carbons (Fsp3) is 0.294. The average molecular weight is 332 g/mol. The Bertz CT molecular complexity index is 917. The molecule has 1 N–H and O–H groups in total. The molecule has 1 unspecified atom stereocenters. The number of aryl methyl sites for hydroxylation is 2. The third-order valence-corrected chi connectivity index (χ3v) is 5.07. The molecule has 0 saturated carbocycles. The molecule has 1 atom stereocenters. The molecule has 4 nitrogen and oxygen atoms in total. The van der Waals surface area contributed by atoms with E-state index in [1.807, 2.05) is 13.0 Å². The molecule has 0 aliphatic rings. The third kappa shape index (κ3) is 3.04. The maximum atomic E-state index is 13.2. The zero-order chi connectivity index (χ0) is 16.6. The van der Waals surface area contributed by atoms with Crippen LogP contribution in [-0.2, 0) is 13.0 Å². The van der Waals surface area contributed by atoms with Gasteiger partial charge in [-0.1, -0.05) is 13.0 Å². The number of fused-ring (bicyclic) bond motifs is 1. The lowest BCUT2D eigenvalue weighted by Crippen LogP contribution is -2.23. The highest BCUT2D eigenvalue weighted by Crippen LogP contribution is 2.23. The van der Waals surface area contributed by atoms with Crippen LogP contribution in [0.15, 0.2) is 35.4 Å². The molecular formula is C17H17FN2O2S. The summed E-state index contributed by atoms with van der Waals surface area (Å²) < 4.78 is 14.6. The van der Waals surface area contributed by atoms with Crippen molar-refractivity contribution in [2.24, 2.45) is 0 Å². The monoisotopic (exact) mass is 332 g/mol. The second-order valence-corrected chi connectivity index (χ2v) is 6.62. The zero-order valence-corrected chi connectivity index (χ0v) is 13.7. The molecular weight excluding hydrogens is 315 g/mol. The molecule has 23 heavy (non-hydrogen) atoms. The summed E-state index contributed by atoms with van der Waals surface area (Å²) in [7, 11) is 0. The quantitative estimate of drug-likeness (QED) is 0.798. The highest BCUT2D eigenvalue weighted by molar-refractivity contribution is 7.18. The van der Waals surface area contributed by atoms with Gasteiger partial charge in [-0.25, -0.2) is 9.37 Å². The first-order valence-corrected chi connectivity index (χ1v) is 8.23. The minimum atomic E-state index is -0.892. The molecule has 0 fully saturated rings. The maximum Gasteiger partial charge on any atom is 0.262 e. The van der Waals surface area contributed by atoms with E-state index in [0.717, 1.165) is 16.1 Å². The fourth-order valence-corrected chi connectivity index (χ4v) is 3.54. The molecule has 0 aliphatic heterocycles. The van der Waals surface area contributed by atoms with Crippen LogP contribution in [0.3, 0.4) is 0 Å². The van der Waals surface area contributed by atoms with Crippen LogP contribution in [0.5, 0.6) is 0 Å². The number of nitrogens with zero attached hydrogens (tertiary/aromatic N) is 2. The van der Waals surface area contributed by atoms with E-state index in [0.29, 0.717) is 16.5 Å². The Morgan fingerprint density at radius 1 is 1.39 bits per heavy atom. The SMILES string of the molecule is CCc1cc2c(=O)n(CC(O)c3ccc(F)cc3C)cnc2s1. The normalized spacial score (nSPS) is 12.7. The topological polar surface area (TPSA) is 55.1 Å². The number of hydrogen-bond donors (Lipinski definition) is 1. The van der Waals surface area contributed by atoms with E-state index in [-0.39, 0.29) is 17.9 Å². The van der Waals surface area contributed by atoms with Gasteiger partial charge in [-0.2, -0.15) is 0 Å². The molecule has 1 aromatic carbocycles. The summed E-state index contributed by atoms with van der Waals surface area (Å²) in [5.74, 6) is -0.343. The predicted octanol–water partition coefficient (Wildman–Crippen LogP) is 3.20. The first-order valence-electron chi connectivity index (χ1n) is 7.41. The Hall–Kier alpha value is -2.05. The van der Waals surface area contributed by atoms with Crippen LogP contribution in [0.1, 0.15) is 29.0 Å². The van der Waals surface area contributed by atoms with Crippen LogP contribution in [-0.4, -0.2) is 14.7 Å². The van der Waals surface area contributed by atoms with Crippen molar-refractivity contribution in [3.05, 3.63) is 62.8 Å². The van der Waals surface area contributed by atoms with Crippen molar-refractivity contribution in [3.8, 4) is 0 Å². The van der Waals surface area contributed by atoms with Gasteiger partial charge < -0.3 is 5.11 Å². The van der Waals surface area contributed by atoms with Crippen LogP contribution in [0.4, 0.5) is 4.39 Å². The summed E-state index contributed by atoms with van der Waals surface area (Å²) in [4.78, 5) is 18.7. The largest absolute Gasteiger partial charge is 0.387 e. The number of hydrogen-bond acceptors (Lipinski definition) is 4. The van der Waals surface area contributed by atoms with Crippen LogP contribution in [0.2, 0.25) is 0 Å². The lowest BCUT2D eigenvalue weighted by atomic mass is 10.0. The molecule has 3 rings (SSSR count). The second-order valence-electron chi connectivity index (χ2n) is 5.50. The van der Waals surface area contributed by atoms with E-state index in [2.05, 4.69) is 4.98 Å². The van der Waals surface area contributed by atoms with Gasteiger partial charge in [0.05, 0.1) is 24.4 Å². The number of aliphatic hydroxyl groups is 1. The minimum absolute atomic E-state index is 0.0888. The molecule has 0 radical (unpaired) electrons. The Labute approximate surface area is 136 Å². The van der Waals surface area contributed by atoms with Gasteiger partial charge in [0, 0.05) is 4.88 Å². The Morgan fingerprint density at radius 2 is 2.17 bits per heavy atom. The van der Waals surface area contributed by atoms with Gasteiger partial charge in [-0.15, -0.1) is 11.3 Å². The van der Waals surface area contributed by atoms with Gasteiger partial charge >= 0.3 is 0 Å². The number of benzene rings is 1. The highest BCUT2D eigenvalue weighted by Gasteiger charge is 2.15. The molecule has 0 amide bonds. The average Bonchev–Trinajstić information content (AvgIpc) is 2.94. The molecule has 0 aliphatic carbocycles. The molecule has 2 aromatic heterocycles. The highest BCUT2D eigenvalue weighted by atomic mass is 32.1. The second kappa shape index (κ2) is 6.22. The molecule has 6 heteroatoms. The van der Waals surface area contributed by atoms with E-state index in [9.17, 15) is 14.3 Å². The predicted molar refractivity (Wildman–Crippen MR) is 89.4 cm³/mol. The van der Waals surface area contributed by atoms with Gasteiger partial charge in [0.25, 0.3) is 5.56 Å². The summed E-state index contributed by atoms with van der Waals surface area (Å²) in [5.41, 5.74) is 1.10. The molecule has 120 valence electrons. The summed E-state index contributed by atoms with van der Waals surface area (Å²) in [6.07, 6.45) is 1.43. The minimum Gasteiger partial charge on any atom is -0.387 e. The number of thiophene rings is 1.